The van der Waals surface area contributed by atoms with Crippen LogP contribution in [0.5, 0.6) is 5.75 Å². The summed E-state index contributed by atoms with van der Waals surface area (Å²) in [5.74, 6) is 0.718. The molecule has 0 saturated carbocycles. The maximum absolute atomic E-state index is 6.16. The maximum atomic E-state index is 6.16. The van der Waals surface area contributed by atoms with Gasteiger partial charge >= 0.3 is 0 Å². The molecule has 0 aromatic heterocycles. The molecular formula is C14H22ClNO2. The van der Waals surface area contributed by atoms with Gasteiger partial charge in [0.1, 0.15) is 12.4 Å². The van der Waals surface area contributed by atoms with Gasteiger partial charge in [0.25, 0.3) is 0 Å². The normalized spacial score (nSPS) is 10.6. The van der Waals surface area contributed by atoms with Crippen LogP contribution in [0.4, 0.5) is 0 Å². The molecule has 1 rings (SSSR count). The highest BCUT2D eigenvalue weighted by molar-refractivity contribution is 6.32. The van der Waals surface area contributed by atoms with Crippen LogP contribution in [0.3, 0.4) is 0 Å². The first kappa shape index (κ1) is 15.3. The van der Waals surface area contributed by atoms with E-state index in [0.29, 0.717) is 24.8 Å². The van der Waals surface area contributed by atoms with Gasteiger partial charge in [-0.05, 0) is 37.6 Å². The summed E-state index contributed by atoms with van der Waals surface area (Å²) in [5, 5.41) is 3.99. The van der Waals surface area contributed by atoms with Crippen molar-refractivity contribution in [1.29, 1.82) is 0 Å². The molecule has 1 N–H and O–H groups in total. The first-order chi connectivity index (χ1) is 8.77. The molecule has 0 aliphatic carbocycles. The van der Waals surface area contributed by atoms with Crippen LogP contribution in [-0.4, -0.2) is 26.4 Å². The fourth-order valence-corrected chi connectivity index (χ4v) is 1.79. The molecule has 0 spiro atoms. The van der Waals surface area contributed by atoms with Crippen LogP contribution in [0.25, 0.3) is 0 Å². The smallest absolute Gasteiger partial charge is 0.138 e. The topological polar surface area (TPSA) is 30.5 Å². The molecule has 0 atom stereocenters. The monoisotopic (exact) mass is 271 g/mol. The molecule has 1 aromatic rings. The van der Waals surface area contributed by atoms with Crippen molar-refractivity contribution < 1.29 is 9.47 Å². The van der Waals surface area contributed by atoms with Gasteiger partial charge in [0.2, 0.25) is 0 Å². The zero-order chi connectivity index (χ0) is 13.2. The predicted molar refractivity (Wildman–Crippen MR) is 75.4 cm³/mol. The van der Waals surface area contributed by atoms with Crippen molar-refractivity contribution in [3.8, 4) is 5.75 Å². The minimum Gasteiger partial charge on any atom is -0.490 e. The Hall–Kier alpha value is -0.770. The second-order valence-corrected chi connectivity index (χ2v) is 4.39. The number of benzene rings is 1. The highest BCUT2D eigenvalue weighted by Crippen LogP contribution is 2.25. The fraction of sp³-hybridized carbons (Fsp3) is 0.571. The average molecular weight is 272 g/mol. The summed E-state index contributed by atoms with van der Waals surface area (Å²) in [7, 11) is 0. The van der Waals surface area contributed by atoms with E-state index in [1.54, 1.807) is 0 Å². The van der Waals surface area contributed by atoms with E-state index < -0.39 is 0 Å². The Morgan fingerprint density at radius 2 is 2.06 bits per heavy atom. The minimum atomic E-state index is 0.529. The molecule has 1 aromatic carbocycles. The van der Waals surface area contributed by atoms with Crippen LogP contribution in [0.15, 0.2) is 18.2 Å². The summed E-state index contributed by atoms with van der Waals surface area (Å²) in [6.45, 7) is 7.80. The number of hydrogen-bond donors (Lipinski definition) is 1. The van der Waals surface area contributed by atoms with Crippen molar-refractivity contribution in [3.63, 3.8) is 0 Å². The lowest BCUT2D eigenvalue weighted by Crippen LogP contribution is -2.13. The summed E-state index contributed by atoms with van der Waals surface area (Å²) in [6.07, 6.45) is 1.13. The molecule has 4 heteroatoms. The molecule has 0 unspecified atom stereocenters. The van der Waals surface area contributed by atoms with Crippen LogP contribution < -0.4 is 10.1 Å². The average Bonchev–Trinajstić information content (AvgIpc) is 2.37. The van der Waals surface area contributed by atoms with E-state index in [4.69, 9.17) is 21.1 Å². The molecule has 0 aliphatic rings. The summed E-state index contributed by atoms with van der Waals surface area (Å²) in [6, 6.07) is 5.89. The largest absolute Gasteiger partial charge is 0.490 e. The number of hydrogen-bond acceptors (Lipinski definition) is 3. The Bertz CT molecular complexity index is 345. The Balaban J connectivity index is 2.41. The second kappa shape index (κ2) is 9.20. The van der Waals surface area contributed by atoms with Crippen molar-refractivity contribution in [2.75, 3.05) is 26.4 Å². The van der Waals surface area contributed by atoms with Gasteiger partial charge in [0.05, 0.1) is 11.6 Å². The molecule has 3 nitrogen and oxygen atoms in total. The molecule has 0 fully saturated rings. The van der Waals surface area contributed by atoms with Crippen LogP contribution in [-0.2, 0) is 11.3 Å². The van der Waals surface area contributed by atoms with E-state index in [-0.39, 0.29) is 0 Å². The van der Waals surface area contributed by atoms with Gasteiger partial charge in [-0.1, -0.05) is 24.6 Å². The highest BCUT2D eigenvalue weighted by Gasteiger charge is 2.03. The zero-order valence-electron chi connectivity index (χ0n) is 11.2. The molecule has 102 valence electrons. The van der Waals surface area contributed by atoms with Crippen molar-refractivity contribution in [1.82, 2.24) is 5.32 Å². The Morgan fingerprint density at radius 3 is 2.72 bits per heavy atom. The van der Waals surface area contributed by atoms with Crippen molar-refractivity contribution in [3.05, 3.63) is 28.8 Å². The second-order valence-electron chi connectivity index (χ2n) is 3.99. The van der Waals surface area contributed by atoms with Gasteiger partial charge < -0.3 is 14.8 Å². The lowest BCUT2D eigenvalue weighted by Gasteiger charge is -2.10. The Labute approximate surface area is 114 Å². The number of nitrogens with one attached hydrogen (secondary N) is 1. The Kier molecular flexibility index (Phi) is 7.81. The van der Waals surface area contributed by atoms with E-state index in [2.05, 4.69) is 12.2 Å². The third kappa shape index (κ3) is 5.71. The van der Waals surface area contributed by atoms with Crippen molar-refractivity contribution in [2.24, 2.45) is 0 Å². The summed E-state index contributed by atoms with van der Waals surface area (Å²) in [5.41, 5.74) is 1.17. The molecule has 0 aliphatic heterocycles. The van der Waals surface area contributed by atoms with Crippen molar-refractivity contribution in [2.45, 2.75) is 26.8 Å². The quantitative estimate of drug-likeness (QED) is 0.700. The van der Waals surface area contributed by atoms with Gasteiger partial charge in [-0.3, -0.25) is 0 Å². The van der Waals surface area contributed by atoms with E-state index in [9.17, 15) is 0 Å². The van der Waals surface area contributed by atoms with Gasteiger partial charge in [-0.15, -0.1) is 0 Å². The van der Waals surface area contributed by atoms with Gasteiger partial charge in [0, 0.05) is 13.2 Å². The Morgan fingerprint density at radius 1 is 1.22 bits per heavy atom. The molecule has 18 heavy (non-hydrogen) atoms. The van der Waals surface area contributed by atoms with E-state index in [1.807, 2.05) is 25.1 Å². The van der Waals surface area contributed by atoms with Gasteiger partial charge in [0.15, 0.2) is 0 Å². The van der Waals surface area contributed by atoms with Crippen molar-refractivity contribution >= 4 is 11.6 Å². The third-order valence-electron chi connectivity index (χ3n) is 2.44. The zero-order valence-corrected chi connectivity index (χ0v) is 11.9. The van der Waals surface area contributed by atoms with Crippen LogP contribution in [0, 0.1) is 0 Å². The highest BCUT2D eigenvalue weighted by atomic mass is 35.5. The fourth-order valence-electron chi connectivity index (χ4n) is 1.54. The molecule has 0 radical (unpaired) electrons. The molecule has 0 saturated heterocycles. The van der Waals surface area contributed by atoms with Crippen LogP contribution >= 0.6 is 11.6 Å². The standard InChI is InChI=1S/C14H22ClNO2/c1-3-7-16-11-12-5-6-14(13(15)10-12)18-9-8-17-4-2/h5-6,10,16H,3-4,7-9,11H2,1-2H3. The lowest BCUT2D eigenvalue weighted by molar-refractivity contribution is 0.110. The van der Waals surface area contributed by atoms with E-state index >= 15 is 0 Å². The molecule has 0 heterocycles. The summed E-state index contributed by atoms with van der Waals surface area (Å²) >= 11 is 6.16. The molecule has 0 bridgehead atoms. The van der Waals surface area contributed by atoms with Crippen LogP contribution in [0.2, 0.25) is 5.02 Å². The van der Waals surface area contributed by atoms with Gasteiger partial charge in [-0.2, -0.15) is 0 Å². The summed E-state index contributed by atoms with van der Waals surface area (Å²) < 4.78 is 10.7. The molecular weight excluding hydrogens is 250 g/mol. The SMILES string of the molecule is CCCNCc1ccc(OCCOCC)c(Cl)c1. The first-order valence-corrected chi connectivity index (χ1v) is 6.85. The number of ether oxygens (including phenoxy) is 2. The minimum absolute atomic E-state index is 0.529. The summed E-state index contributed by atoms with van der Waals surface area (Å²) in [4.78, 5) is 0. The van der Waals surface area contributed by atoms with E-state index in [0.717, 1.165) is 25.3 Å². The lowest BCUT2D eigenvalue weighted by atomic mass is 10.2. The maximum Gasteiger partial charge on any atom is 0.138 e. The first-order valence-electron chi connectivity index (χ1n) is 6.47. The number of halogens is 1. The third-order valence-corrected chi connectivity index (χ3v) is 2.74. The van der Waals surface area contributed by atoms with Gasteiger partial charge in [-0.25, -0.2) is 0 Å². The van der Waals surface area contributed by atoms with E-state index in [1.165, 1.54) is 5.56 Å². The predicted octanol–water partition coefficient (Wildman–Crippen LogP) is 3.25. The van der Waals surface area contributed by atoms with Crippen LogP contribution in [0.1, 0.15) is 25.8 Å². The number of rotatable bonds is 9. The molecule has 0 amide bonds.